The summed E-state index contributed by atoms with van der Waals surface area (Å²) in [5, 5.41) is 20.0. The fourth-order valence-corrected chi connectivity index (χ4v) is 11.8. The van der Waals surface area contributed by atoms with E-state index < -0.39 is 41.3 Å². The molecule has 16 heteroatoms. The Morgan fingerprint density at radius 2 is 1.77 bits per heavy atom. The number of fused-ring (bicyclic) bond motifs is 8. The number of cyclic esters (lactones) is 1. The predicted octanol–water partition coefficient (Wildman–Crippen LogP) is 5.68. The summed E-state index contributed by atoms with van der Waals surface area (Å²) in [5.41, 5.74) is 9.64. The van der Waals surface area contributed by atoms with E-state index in [1.807, 2.05) is 43.9 Å². The van der Waals surface area contributed by atoms with E-state index in [0.29, 0.717) is 50.8 Å². The van der Waals surface area contributed by atoms with Crippen molar-refractivity contribution in [2.24, 2.45) is 17.3 Å². The van der Waals surface area contributed by atoms with E-state index in [4.69, 9.17) is 14.5 Å². The van der Waals surface area contributed by atoms with Gasteiger partial charge in [0.25, 0.3) is 5.91 Å². The normalized spacial score (nSPS) is 25.3. The molecule has 2 aromatic heterocycles. The Kier molecular flexibility index (Phi) is 13.9. The average molecular weight is 959 g/mol. The zero-order valence-electron chi connectivity index (χ0n) is 41.9. The Hall–Kier alpha value is -5.84. The number of carbonyl (C=O) groups excluding carboxylic acids is 5. The average Bonchev–Trinajstić information content (AvgIpc) is 4.11. The zero-order chi connectivity index (χ0) is 49.8. The molecule has 4 aromatic rings. The molecule has 374 valence electrons. The van der Waals surface area contributed by atoms with Crippen molar-refractivity contribution in [2.45, 2.75) is 142 Å². The maximum Gasteiger partial charge on any atom is 0.324 e. The summed E-state index contributed by atoms with van der Waals surface area (Å²) in [7, 11) is 3.34. The number of phenolic OH excluding ortho intramolecular Hbond substituents is 1. The standard InChI is InChI=1S/C54H70N8O8/c1-9-60-45-17-14-33-26-40(45)41(48(60)39-12-10-18-55-46(39)31(4)69-8)27-54(5,6)29-70-53(68)42-13-11-19-61(58-42)51(66)43(22-32-20-34(33)25-38(63)21-32)57-49(64)47(30(2)3)59(7)50(65)35-23-36-15-16-37(24-35)62(36)52(67)44-28-56-44/h10,12,14,17-18,20-21,25-26,30-31,35-37,42-44,47,56,58,63H,9,11,13,15-16,19,22-24,27-29H2,1-8H3,(H,57,64)/t31-,35?,36-,37+,42-,43-,44-,47-/m0/s1. The lowest BCUT2D eigenvalue weighted by molar-refractivity contribution is -0.155. The minimum absolute atomic E-state index is 0.000609. The van der Waals surface area contributed by atoms with Gasteiger partial charge in [0.05, 0.1) is 30.1 Å². The number of hydrogen-bond donors (Lipinski definition) is 4. The van der Waals surface area contributed by atoms with E-state index >= 15 is 0 Å². The number of aromatic nitrogens is 2. The number of ether oxygens (including phenoxy) is 2. The number of nitrogens with one attached hydrogen (secondary N) is 3. The third kappa shape index (κ3) is 9.66. The molecule has 4 saturated heterocycles. The van der Waals surface area contributed by atoms with Crippen LogP contribution in [-0.2, 0) is 52.8 Å². The summed E-state index contributed by atoms with van der Waals surface area (Å²) in [5.74, 6) is -2.10. The highest BCUT2D eigenvalue weighted by Crippen LogP contribution is 2.43. The van der Waals surface area contributed by atoms with Crippen LogP contribution in [-0.4, -0.2) is 129 Å². The van der Waals surface area contributed by atoms with Crippen molar-refractivity contribution in [2.75, 3.05) is 33.9 Å². The summed E-state index contributed by atoms with van der Waals surface area (Å²) >= 11 is 0. The van der Waals surface area contributed by atoms with Gasteiger partial charge in [0.15, 0.2) is 0 Å². The van der Waals surface area contributed by atoms with Crippen LogP contribution in [0.15, 0.2) is 54.7 Å². The first kappa shape index (κ1) is 49.2. The fourth-order valence-electron chi connectivity index (χ4n) is 11.8. The first-order chi connectivity index (χ1) is 33.5. The Bertz CT molecular complexity index is 2660. The molecule has 4 N–H and O–H groups in total. The number of piperidine rings is 1. The molecule has 9 rings (SSSR count). The van der Waals surface area contributed by atoms with Gasteiger partial charge in [-0.15, -0.1) is 0 Å². The molecule has 7 heterocycles. The molecule has 0 saturated carbocycles. The van der Waals surface area contributed by atoms with Crippen molar-refractivity contribution in [1.82, 2.24) is 40.4 Å². The van der Waals surface area contributed by atoms with Crippen molar-refractivity contribution in [3.63, 3.8) is 0 Å². The third-order valence-electron chi connectivity index (χ3n) is 15.4. The molecular formula is C54H70N8O8. The molecule has 4 amide bonds. The quantitative estimate of drug-likeness (QED) is 0.113. The van der Waals surface area contributed by atoms with E-state index in [0.717, 1.165) is 57.4 Å². The number of likely N-dealkylation sites (N-methyl/N-ethyl adjacent to an activating group) is 1. The highest BCUT2D eigenvalue weighted by Gasteiger charge is 2.49. The first-order valence-corrected chi connectivity index (χ1v) is 25.3. The van der Waals surface area contributed by atoms with Gasteiger partial charge in [-0.05, 0) is 123 Å². The molecule has 1 unspecified atom stereocenters. The molecule has 70 heavy (non-hydrogen) atoms. The van der Waals surface area contributed by atoms with Gasteiger partial charge >= 0.3 is 5.97 Å². The smallest absolute Gasteiger partial charge is 0.324 e. The maximum absolute atomic E-state index is 14.8. The number of aromatic hydroxyl groups is 1. The van der Waals surface area contributed by atoms with E-state index in [1.165, 1.54) is 9.91 Å². The molecule has 4 fully saturated rings. The van der Waals surface area contributed by atoms with Crippen molar-refractivity contribution in [3.05, 3.63) is 71.5 Å². The number of aryl methyl sites for hydroxylation is 1. The van der Waals surface area contributed by atoms with Crippen LogP contribution in [0.5, 0.6) is 5.75 Å². The largest absolute Gasteiger partial charge is 0.508 e. The van der Waals surface area contributed by atoms with Gasteiger partial charge in [0.2, 0.25) is 17.7 Å². The lowest BCUT2D eigenvalue weighted by Crippen LogP contribution is -2.62. The van der Waals surface area contributed by atoms with Crippen molar-refractivity contribution in [3.8, 4) is 28.1 Å². The minimum atomic E-state index is -1.15. The molecular weight excluding hydrogens is 889 g/mol. The van der Waals surface area contributed by atoms with Gasteiger partial charge in [-0.1, -0.05) is 39.8 Å². The molecule has 16 nitrogen and oxygen atoms in total. The number of pyridine rings is 1. The summed E-state index contributed by atoms with van der Waals surface area (Å²) in [4.78, 5) is 79.4. The SMILES string of the molecule is CCn1c(-c2cccnc2[C@H](C)OC)c2c3cc(ccc31)-c1cc(O)cc(c1)C[C@H](NC(=O)[C@H](C(C)C)N(C)C(=O)C1C[C@H]3CC[C@@H](C1)N3C(=O)[C@@H]1CN1)C(=O)N1CCC[C@H](N1)C(=O)OCC(C)(C)C2. The van der Waals surface area contributed by atoms with Gasteiger partial charge < -0.3 is 39.6 Å². The summed E-state index contributed by atoms with van der Waals surface area (Å²) in [6.45, 7) is 13.8. The van der Waals surface area contributed by atoms with Gasteiger partial charge in [-0.25, -0.2) is 5.43 Å². The topological polar surface area (TPSA) is 198 Å². The molecule has 2 aromatic carbocycles. The van der Waals surface area contributed by atoms with Crippen molar-refractivity contribution >= 4 is 40.5 Å². The highest BCUT2D eigenvalue weighted by atomic mass is 16.5. The lowest BCUT2D eigenvalue weighted by Gasteiger charge is -2.41. The van der Waals surface area contributed by atoms with Crippen LogP contribution in [0.25, 0.3) is 33.3 Å². The van der Waals surface area contributed by atoms with E-state index in [9.17, 15) is 29.1 Å². The second-order valence-electron chi connectivity index (χ2n) is 21.4. The van der Waals surface area contributed by atoms with Gasteiger partial charge in [-0.3, -0.25) is 34.0 Å². The van der Waals surface area contributed by atoms with E-state index in [1.54, 1.807) is 32.5 Å². The number of hydrogen-bond acceptors (Lipinski definition) is 11. The Balaban J connectivity index is 1.07. The van der Waals surface area contributed by atoms with Crippen LogP contribution in [0.3, 0.4) is 0 Å². The van der Waals surface area contributed by atoms with Crippen LogP contribution < -0.4 is 16.1 Å². The van der Waals surface area contributed by atoms with Crippen LogP contribution in [0.4, 0.5) is 0 Å². The van der Waals surface area contributed by atoms with E-state index in [-0.39, 0.29) is 73.2 Å². The zero-order valence-corrected chi connectivity index (χ0v) is 41.9. The summed E-state index contributed by atoms with van der Waals surface area (Å²) < 4.78 is 14.3. The predicted molar refractivity (Wildman–Crippen MR) is 265 cm³/mol. The number of rotatable bonds is 10. The number of benzene rings is 2. The number of nitrogens with zero attached hydrogens (tertiary/aromatic N) is 5. The van der Waals surface area contributed by atoms with Crippen LogP contribution in [0, 0.1) is 17.3 Å². The molecule has 0 spiro atoms. The van der Waals surface area contributed by atoms with Crippen LogP contribution in [0.1, 0.15) is 103 Å². The summed E-state index contributed by atoms with van der Waals surface area (Å²) in [6, 6.07) is 12.5. The number of amides is 4. The van der Waals surface area contributed by atoms with Crippen LogP contribution in [0.2, 0.25) is 0 Å². The van der Waals surface area contributed by atoms with Gasteiger partial charge in [0, 0.05) is 86.3 Å². The van der Waals surface area contributed by atoms with Crippen LogP contribution >= 0.6 is 0 Å². The Morgan fingerprint density at radius 1 is 1.03 bits per heavy atom. The second-order valence-corrected chi connectivity index (χ2v) is 21.4. The maximum atomic E-state index is 14.8. The van der Waals surface area contributed by atoms with Gasteiger partial charge in [0.1, 0.15) is 23.9 Å². The molecule has 0 radical (unpaired) electrons. The highest BCUT2D eigenvalue weighted by molar-refractivity contribution is 5.96. The molecule has 5 aliphatic rings. The second kappa shape index (κ2) is 19.7. The minimum Gasteiger partial charge on any atom is -0.508 e. The number of phenols is 1. The summed E-state index contributed by atoms with van der Waals surface area (Å²) in [6.07, 6.45) is 5.83. The van der Waals surface area contributed by atoms with Crippen molar-refractivity contribution in [1.29, 1.82) is 0 Å². The molecule has 8 atom stereocenters. The number of methoxy groups -OCH3 is 1. The van der Waals surface area contributed by atoms with Gasteiger partial charge in [-0.2, -0.15) is 0 Å². The van der Waals surface area contributed by atoms with E-state index in [2.05, 4.69) is 59.6 Å². The monoisotopic (exact) mass is 959 g/mol. The lowest BCUT2D eigenvalue weighted by atomic mass is 9.84. The Labute approximate surface area is 410 Å². The van der Waals surface area contributed by atoms with Crippen molar-refractivity contribution < 1.29 is 38.6 Å². The molecule has 5 aliphatic heterocycles. The number of carbonyl (C=O) groups is 5. The fraction of sp³-hybridized carbons (Fsp3) is 0.556. The molecule has 8 bridgehead atoms. The third-order valence-corrected chi connectivity index (χ3v) is 15.4. The first-order valence-electron chi connectivity index (χ1n) is 25.3. The number of esters is 1. The number of hydrazine groups is 1. The molecule has 0 aliphatic carbocycles. The Morgan fingerprint density at radius 3 is 2.46 bits per heavy atom.